The summed E-state index contributed by atoms with van der Waals surface area (Å²) in [4.78, 5) is 33.3. The summed E-state index contributed by atoms with van der Waals surface area (Å²) in [7, 11) is 2.11. The van der Waals surface area contributed by atoms with Crippen molar-refractivity contribution in [2.45, 2.75) is 6.54 Å². The van der Waals surface area contributed by atoms with Crippen molar-refractivity contribution >= 4 is 28.5 Å². The second kappa shape index (κ2) is 7.24. The maximum absolute atomic E-state index is 12.3. The molecule has 1 aliphatic rings. The van der Waals surface area contributed by atoms with Gasteiger partial charge in [0.1, 0.15) is 12.4 Å². The first-order valence-electron chi connectivity index (χ1n) is 8.88. The van der Waals surface area contributed by atoms with Gasteiger partial charge in [-0.3, -0.25) is 9.36 Å². The Kier molecular flexibility index (Phi) is 4.64. The van der Waals surface area contributed by atoms with Gasteiger partial charge in [-0.2, -0.15) is 0 Å². The first-order valence-corrected chi connectivity index (χ1v) is 8.88. The van der Waals surface area contributed by atoms with Crippen molar-refractivity contribution in [3.8, 4) is 0 Å². The Labute approximate surface area is 156 Å². The Morgan fingerprint density at radius 1 is 1.15 bits per heavy atom. The Morgan fingerprint density at radius 2 is 1.93 bits per heavy atom. The number of oxazole rings is 1. The molecule has 4 rings (SSSR count). The van der Waals surface area contributed by atoms with E-state index in [2.05, 4.69) is 27.1 Å². The number of para-hydroxylation sites is 2. The minimum atomic E-state index is -0.546. The number of pyridine rings is 1. The molecule has 0 atom stereocenters. The summed E-state index contributed by atoms with van der Waals surface area (Å²) in [6.45, 7) is 3.77. The van der Waals surface area contributed by atoms with Crippen LogP contribution in [0.3, 0.4) is 0 Å². The van der Waals surface area contributed by atoms with Crippen LogP contribution in [0.2, 0.25) is 0 Å². The predicted octanol–water partition coefficient (Wildman–Crippen LogP) is 1.38. The predicted molar refractivity (Wildman–Crippen MR) is 103 cm³/mol. The highest BCUT2D eigenvalue weighted by atomic mass is 16.4. The van der Waals surface area contributed by atoms with Crippen LogP contribution >= 0.6 is 0 Å². The number of amides is 1. The van der Waals surface area contributed by atoms with Crippen LogP contribution in [-0.4, -0.2) is 53.6 Å². The normalized spacial score (nSPS) is 15.2. The van der Waals surface area contributed by atoms with Gasteiger partial charge < -0.3 is 19.5 Å². The molecule has 1 amide bonds. The maximum atomic E-state index is 12.3. The van der Waals surface area contributed by atoms with Gasteiger partial charge in [-0.05, 0) is 31.3 Å². The fraction of sp³-hybridized carbons (Fsp3) is 0.316. The van der Waals surface area contributed by atoms with E-state index in [1.54, 1.807) is 30.5 Å². The lowest BCUT2D eigenvalue weighted by Crippen LogP contribution is -2.44. The van der Waals surface area contributed by atoms with E-state index in [0.29, 0.717) is 16.8 Å². The number of rotatable bonds is 4. The summed E-state index contributed by atoms with van der Waals surface area (Å²) in [5.41, 5.74) is 1.66. The minimum absolute atomic E-state index is 0.115. The van der Waals surface area contributed by atoms with Crippen molar-refractivity contribution < 1.29 is 9.21 Å². The molecule has 0 aliphatic carbocycles. The molecule has 0 bridgehead atoms. The number of carbonyl (C=O) groups is 1. The van der Waals surface area contributed by atoms with Gasteiger partial charge in [0, 0.05) is 26.2 Å². The van der Waals surface area contributed by atoms with E-state index in [0.717, 1.165) is 32.0 Å². The Morgan fingerprint density at radius 3 is 2.67 bits per heavy atom. The first-order chi connectivity index (χ1) is 13.1. The summed E-state index contributed by atoms with van der Waals surface area (Å²) < 4.78 is 6.46. The van der Waals surface area contributed by atoms with Crippen molar-refractivity contribution in [3.63, 3.8) is 0 Å². The van der Waals surface area contributed by atoms with E-state index in [9.17, 15) is 9.59 Å². The number of fused-ring (bicyclic) bond motifs is 1. The number of benzene rings is 1. The van der Waals surface area contributed by atoms with Crippen molar-refractivity contribution in [1.29, 1.82) is 0 Å². The molecule has 1 aliphatic heterocycles. The molecule has 0 radical (unpaired) electrons. The topological polar surface area (TPSA) is 83.6 Å². The molecule has 8 nitrogen and oxygen atoms in total. The lowest BCUT2D eigenvalue weighted by Gasteiger charge is -2.33. The van der Waals surface area contributed by atoms with E-state index < -0.39 is 5.76 Å². The van der Waals surface area contributed by atoms with Gasteiger partial charge in [-0.25, -0.2) is 9.78 Å². The number of aromatic nitrogens is 2. The molecule has 2 aromatic heterocycles. The number of anilines is 2. The molecule has 3 aromatic rings. The van der Waals surface area contributed by atoms with Crippen LogP contribution in [0.15, 0.2) is 51.8 Å². The Balaban J connectivity index is 1.42. The summed E-state index contributed by atoms with van der Waals surface area (Å²) in [5, 5.41) is 2.78. The second-order valence-corrected chi connectivity index (χ2v) is 6.67. The maximum Gasteiger partial charge on any atom is 0.420 e. The standard InChI is InChI=1S/C19H21N5O3/c1-22-8-10-23(11-9-22)17-7-6-14(12-20-17)21-18(25)13-24-15-4-2-3-5-16(15)27-19(24)26/h2-7,12H,8-11,13H2,1H3,(H,21,25). The van der Waals surface area contributed by atoms with Gasteiger partial charge in [0.15, 0.2) is 5.58 Å². The first kappa shape index (κ1) is 17.3. The molecule has 1 N–H and O–H groups in total. The van der Waals surface area contributed by atoms with Gasteiger partial charge >= 0.3 is 5.76 Å². The zero-order chi connectivity index (χ0) is 18.8. The van der Waals surface area contributed by atoms with Crippen molar-refractivity contribution in [1.82, 2.24) is 14.5 Å². The Bertz CT molecular complexity index is 1000. The zero-order valence-electron chi connectivity index (χ0n) is 15.1. The molecule has 8 heteroatoms. The molecule has 140 valence electrons. The monoisotopic (exact) mass is 367 g/mol. The average molecular weight is 367 g/mol. The molecular formula is C19H21N5O3. The van der Waals surface area contributed by atoms with E-state index in [-0.39, 0.29) is 12.5 Å². The molecule has 0 unspecified atom stereocenters. The number of nitrogens with zero attached hydrogens (tertiary/aromatic N) is 4. The quantitative estimate of drug-likeness (QED) is 0.750. The molecule has 3 heterocycles. The van der Waals surface area contributed by atoms with Crippen molar-refractivity contribution in [2.75, 3.05) is 43.4 Å². The summed E-state index contributed by atoms with van der Waals surface area (Å²) in [5.74, 6) is 0.0471. The number of hydrogen-bond donors (Lipinski definition) is 1. The van der Waals surface area contributed by atoms with Gasteiger partial charge in [0.25, 0.3) is 0 Å². The lowest BCUT2D eigenvalue weighted by molar-refractivity contribution is -0.116. The van der Waals surface area contributed by atoms with Crippen LogP contribution in [0, 0.1) is 0 Å². The van der Waals surface area contributed by atoms with Crippen molar-refractivity contribution in [3.05, 3.63) is 53.1 Å². The second-order valence-electron chi connectivity index (χ2n) is 6.67. The SMILES string of the molecule is CN1CCN(c2ccc(NC(=O)Cn3c(=O)oc4ccccc43)cn2)CC1. The largest absolute Gasteiger partial charge is 0.420 e. The van der Waals surface area contributed by atoms with Crippen LogP contribution in [0.5, 0.6) is 0 Å². The summed E-state index contributed by atoms with van der Waals surface area (Å²) >= 11 is 0. The van der Waals surface area contributed by atoms with E-state index in [1.807, 2.05) is 12.1 Å². The number of hydrogen-bond acceptors (Lipinski definition) is 6. The van der Waals surface area contributed by atoms with Crippen LogP contribution < -0.4 is 16.0 Å². The fourth-order valence-electron chi connectivity index (χ4n) is 3.19. The molecule has 0 saturated carbocycles. The summed E-state index contributed by atoms with van der Waals surface area (Å²) in [6, 6.07) is 10.8. The Hall–Kier alpha value is -3.13. The highest BCUT2D eigenvalue weighted by Crippen LogP contribution is 2.16. The third-order valence-corrected chi connectivity index (χ3v) is 4.73. The van der Waals surface area contributed by atoms with Crippen LogP contribution in [0.4, 0.5) is 11.5 Å². The van der Waals surface area contributed by atoms with Crippen LogP contribution in [-0.2, 0) is 11.3 Å². The van der Waals surface area contributed by atoms with Gasteiger partial charge in [-0.1, -0.05) is 12.1 Å². The highest BCUT2D eigenvalue weighted by Gasteiger charge is 2.16. The molecular weight excluding hydrogens is 346 g/mol. The van der Waals surface area contributed by atoms with Gasteiger partial charge in [0.2, 0.25) is 5.91 Å². The molecule has 1 fully saturated rings. The number of carbonyl (C=O) groups excluding carboxylic acids is 1. The van der Waals surface area contributed by atoms with E-state index in [4.69, 9.17) is 4.42 Å². The van der Waals surface area contributed by atoms with Gasteiger partial charge in [0.05, 0.1) is 17.4 Å². The lowest BCUT2D eigenvalue weighted by atomic mass is 10.3. The minimum Gasteiger partial charge on any atom is -0.408 e. The van der Waals surface area contributed by atoms with E-state index >= 15 is 0 Å². The number of likely N-dealkylation sites (N-methyl/N-ethyl adjacent to an activating group) is 1. The van der Waals surface area contributed by atoms with Crippen molar-refractivity contribution in [2.24, 2.45) is 0 Å². The average Bonchev–Trinajstić information content (AvgIpc) is 2.98. The summed E-state index contributed by atoms with van der Waals surface area (Å²) in [6.07, 6.45) is 1.64. The smallest absolute Gasteiger partial charge is 0.408 e. The molecule has 1 saturated heterocycles. The van der Waals surface area contributed by atoms with Gasteiger partial charge in [-0.15, -0.1) is 0 Å². The molecule has 0 spiro atoms. The molecule has 1 aromatic carbocycles. The molecule has 27 heavy (non-hydrogen) atoms. The highest BCUT2D eigenvalue weighted by molar-refractivity contribution is 5.91. The van der Waals surface area contributed by atoms with E-state index in [1.165, 1.54) is 4.57 Å². The third-order valence-electron chi connectivity index (χ3n) is 4.73. The fourth-order valence-corrected chi connectivity index (χ4v) is 3.19. The third kappa shape index (κ3) is 3.70. The van der Waals surface area contributed by atoms with Crippen LogP contribution in [0.1, 0.15) is 0 Å². The zero-order valence-corrected chi connectivity index (χ0v) is 15.1. The number of piperazine rings is 1. The number of nitrogens with one attached hydrogen (secondary N) is 1. The van der Waals surface area contributed by atoms with Crippen LogP contribution in [0.25, 0.3) is 11.1 Å².